The fourth-order valence-electron chi connectivity index (χ4n) is 0.909. The monoisotopic (exact) mass is 258 g/mol. The summed E-state index contributed by atoms with van der Waals surface area (Å²) in [6, 6.07) is 0.796. The molecule has 1 rings (SSSR count). The summed E-state index contributed by atoms with van der Waals surface area (Å²) in [5, 5.41) is 3.10. The van der Waals surface area contributed by atoms with E-state index in [1.54, 1.807) is 0 Å². The SMILES string of the molecule is N/N=C(\NN)c1sc(Cl)cc1C(F)(F)F. The molecule has 0 aliphatic heterocycles. The van der Waals surface area contributed by atoms with Crippen LogP contribution in [0.5, 0.6) is 0 Å². The Morgan fingerprint density at radius 2 is 2.13 bits per heavy atom. The zero-order valence-corrected chi connectivity index (χ0v) is 8.67. The minimum atomic E-state index is -4.52. The van der Waals surface area contributed by atoms with Gasteiger partial charge in [-0.25, -0.2) is 5.84 Å². The molecule has 1 aromatic heterocycles. The van der Waals surface area contributed by atoms with Crippen molar-refractivity contribution in [2.24, 2.45) is 16.8 Å². The minimum absolute atomic E-state index is 0.0197. The van der Waals surface area contributed by atoms with Gasteiger partial charge in [0.05, 0.1) is 14.8 Å². The summed E-state index contributed by atoms with van der Waals surface area (Å²) in [7, 11) is 0. The molecule has 0 unspecified atom stereocenters. The van der Waals surface area contributed by atoms with E-state index < -0.39 is 11.7 Å². The minimum Gasteiger partial charge on any atom is -0.321 e. The molecule has 0 aliphatic carbocycles. The van der Waals surface area contributed by atoms with Crippen LogP contribution in [0.2, 0.25) is 4.34 Å². The zero-order valence-electron chi connectivity index (χ0n) is 7.10. The van der Waals surface area contributed by atoms with Gasteiger partial charge in [0.1, 0.15) is 0 Å². The molecular weight excluding hydrogens is 253 g/mol. The summed E-state index contributed by atoms with van der Waals surface area (Å²) >= 11 is 6.17. The second-order valence-electron chi connectivity index (χ2n) is 2.41. The number of nitrogens with two attached hydrogens (primary N) is 2. The van der Waals surface area contributed by atoms with Crippen LogP contribution in [0.25, 0.3) is 0 Å². The predicted molar refractivity (Wildman–Crippen MR) is 52.4 cm³/mol. The normalized spacial score (nSPS) is 13.0. The summed E-state index contributed by atoms with van der Waals surface area (Å²) in [6.07, 6.45) is -4.52. The third-order valence-corrected chi connectivity index (χ3v) is 2.76. The van der Waals surface area contributed by atoms with E-state index in [1.165, 1.54) is 0 Å². The van der Waals surface area contributed by atoms with Gasteiger partial charge in [0, 0.05) is 0 Å². The lowest BCUT2D eigenvalue weighted by Gasteiger charge is -2.08. The molecule has 0 radical (unpaired) electrons. The van der Waals surface area contributed by atoms with Crippen molar-refractivity contribution in [1.82, 2.24) is 5.43 Å². The van der Waals surface area contributed by atoms with Gasteiger partial charge in [-0.3, -0.25) is 0 Å². The largest absolute Gasteiger partial charge is 0.417 e. The van der Waals surface area contributed by atoms with E-state index in [1.807, 2.05) is 5.43 Å². The molecule has 15 heavy (non-hydrogen) atoms. The topological polar surface area (TPSA) is 76.4 Å². The lowest BCUT2D eigenvalue weighted by molar-refractivity contribution is -0.137. The number of hydrogen-bond donors (Lipinski definition) is 3. The molecule has 0 bridgehead atoms. The molecule has 0 atom stereocenters. The van der Waals surface area contributed by atoms with Crippen LogP contribution in [0.4, 0.5) is 13.2 Å². The molecule has 0 aromatic carbocycles. The molecule has 0 saturated carbocycles. The maximum atomic E-state index is 12.5. The third-order valence-electron chi connectivity index (χ3n) is 1.49. The Bertz CT molecular complexity index is 386. The number of thiophene rings is 1. The molecule has 0 aliphatic rings. The van der Waals surface area contributed by atoms with Crippen molar-refractivity contribution < 1.29 is 13.2 Å². The van der Waals surface area contributed by atoms with Crippen molar-refractivity contribution in [2.75, 3.05) is 0 Å². The molecule has 5 N–H and O–H groups in total. The highest BCUT2D eigenvalue weighted by Gasteiger charge is 2.36. The molecule has 0 fully saturated rings. The molecule has 0 amide bonds. The quantitative estimate of drug-likeness (QED) is 0.309. The number of rotatable bonds is 1. The van der Waals surface area contributed by atoms with Crippen LogP contribution in [-0.4, -0.2) is 5.84 Å². The summed E-state index contributed by atoms with van der Waals surface area (Å²) in [5.74, 6) is 9.59. The van der Waals surface area contributed by atoms with Crippen LogP contribution in [0, 0.1) is 0 Å². The smallest absolute Gasteiger partial charge is 0.321 e. The van der Waals surface area contributed by atoms with Crippen LogP contribution in [0.3, 0.4) is 0 Å². The van der Waals surface area contributed by atoms with Crippen molar-refractivity contribution in [3.05, 3.63) is 20.8 Å². The van der Waals surface area contributed by atoms with Gasteiger partial charge in [-0.2, -0.15) is 18.3 Å². The number of hydrazone groups is 1. The van der Waals surface area contributed by atoms with Crippen LogP contribution < -0.4 is 17.1 Å². The molecule has 4 nitrogen and oxygen atoms in total. The van der Waals surface area contributed by atoms with Gasteiger partial charge < -0.3 is 11.3 Å². The molecule has 84 valence electrons. The fraction of sp³-hybridized carbons (Fsp3) is 0.167. The second-order valence-corrected chi connectivity index (χ2v) is 4.10. The molecule has 1 aromatic rings. The first kappa shape index (κ1) is 12.1. The highest BCUT2D eigenvalue weighted by molar-refractivity contribution is 7.18. The van der Waals surface area contributed by atoms with E-state index in [2.05, 4.69) is 5.10 Å². The van der Waals surface area contributed by atoms with E-state index in [9.17, 15) is 13.2 Å². The van der Waals surface area contributed by atoms with Gasteiger partial charge in [-0.1, -0.05) is 11.6 Å². The van der Waals surface area contributed by atoms with E-state index in [4.69, 9.17) is 23.3 Å². The summed E-state index contributed by atoms with van der Waals surface area (Å²) in [6.45, 7) is 0. The molecule has 1 heterocycles. The molecule has 0 saturated heterocycles. The van der Waals surface area contributed by atoms with Gasteiger partial charge in [0.15, 0.2) is 5.84 Å². The lowest BCUT2D eigenvalue weighted by atomic mass is 10.2. The van der Waals surface area contributed by atoms with E-state index in [-0.39, 0.29) is 15.0 Å². The number of hydrazine groups is 1. The van der Waals surface area contributed by atoms with Crippen LogP contribution >= 0.6 is 22.9 Å². The van der Waals surface area contributed by atoms with Crippen molar-refractivity contribution in [1.29, 1.82) is 0 Å². The Morgan fingerprint density at radius 1 is 1.53 bits per heavy atom. The van der Waals surface area contributed by atoms with Crippen molar-refractivity contribution in [3.8, 4) is 0 Å². The number of halogens is 4. The Balaban J connectivity index is 3.29. The first-order valence-electron chi connectivity index (χ1n) is 3.51. The number of nitrogens with zero attached hydrogens (tertiary/aromatic N) is 1. The first-order chi connectivity index (χ1) is 6.90. The maximum Gasteiger partial charge on any atom is 0.417 e. The van der Waals surface area contributed by atoms with Crippen LogP contribution in [0.15, 0.2) is 11.2 Å². The second kappa shape index (κ2) is 4.25. The highest BCUT2D eigenvalue weighted by Crippen LogP contribution is 2.38. The van der Waals surface area contributed by atoms with Gasteiger partial charge in [-0.15, -0.1) is 11.3 Å². The molecule has 0 spiro atoms. The average Bonchev–Trinajstić information content (AvgIpc) is 2.49. The summed E-state index contributed by atoms with van der Waals surface area (Å²) < 4.78 is 37.4. The first-order valence-corrected chi connectivity index (χ1v) is 4.71. The lowest BCUT2D eigenvalue weighted by Crippen LogP contribution is -2.32. The van der Waals surface area contributed by atoms with E-state index in [0.29, 0.717) is 11.3 Å². The Hall–Kier alpha value is -0.990. The number of alkyl halides is 3. The molecular formula is C6H6ClF3N4S. The van der Waals surface area contributed by atoms with Crippen molar-refractivity contribution >= 4 is 28.8 Å². The van der Waals surface area contributed by atoms with Crippen molar-refractivity contribution in [3.63, 3.8) is 0 Å². The van der Waals surface area contributed by atoms with Gasteiger partial charge in [0.25, 0.3) is 0 Å². The number of hydrogen-bond acceptors (Lipinski definition) is 4. The standard InChI is InChI=1S/C6H6ClF3N4S/c7-3-1-2(6(8,9)10)4(15-3)5(13-11)14-12/h1H,11-12H2,(H,13,14). The predicted octanol–water partition coefficient (Wildman–Crippen LogP) is 1.50. The summed E-state index contributed by atoms with van der Waals surface area (Å²) in [4.78, 5) is -0.238. The molecule has 9 heteroatoms. The maximum absolute atomic E-state index is 12.5. The van der Waals surface area contributed by atoms with Gasteiger partial charge >= 0.3 is 6.18 Å². The van der Waals surface area contributed by atoms with Crippen LogP contribution in [0.1, 0.15) is 10.4 Å². The van der Waals surface area contributed by atoms with E-state index >= 15 is 0 Å². The van der Waals surface area contributed by atoms with Gasteiger partial charge in [-0.05, 0) is 6.07 Å². The van der Waals surface area contributed by atoms with Crippen molar-refractivity contribution in [2.45, 2.75) is 6.18 Å². The Labute approximate surface area is 91.7 Å². The Morgan fingerprint density at radius 3 is 2.53 bits per heavy atom. The highest BCUT2D eigenvalue weighted by atomic mass is 35.5. The van der Waals surface area contributed by atoms with Gasteiger partial charge in [0.2, 0.25) is 0 Å². The zero-order chi connectivity index (χ0) is 11.6. The average molecular weight is 259 g/mol. The van der Waals surface area contributed by atoms with E-state index in [0.717, 1.165) is 6.07 Å². The summed E-state index contributed by atoms with van der Waals surface area (Å²) in [5.41, 5.74) is 1.05. The Kier molecular flexibility index (Phi) is 3.42. The van der Waals surface area contributed by atoms with Crippen LogP contribution in [-0.2, 0) is 6.18 Å². The fourth-order valence-corrected chi connectivity index (χ4v) is 2.11. The number of nitrogens with one attached hydrogen (secondary N) is 1. The third kappa shape index (κ3) is 2.52. The number of amidine groups is 1.